The summed E-state index contributed by atoms with van der Waals surface area (Å²) in [5.41, 5.74) is 0.0294. The Labute approximate surface area is 117 Å². The van der Waals surface area contributed by atoms with Gasteiger partial charge in [-0.05, 0) is 45.4 Å². The molecule has 0 aliphatic carbocycles. The summed E-state index contributed by atoms with van der Waals surface area (Å²) in [6, 6.07) is 7.38. The number of hydrogen-bond donors (Lipinski definition) is 2. The van der Waals surface area contributed by atoms with Crippen LogP contribution in [0.15, 0.2) is 24.3 Å². The lowest BCUT2D eigenvalue weighted by Crippen LogP contribution is -2.57. The predicted octanol–water partition coefficient (Wildman–Crippen LogP) is 2.86. The summed E-state index contributed by atoms with van der Waals surface area (Å²) in [4.78, 5) is 12.1. The Morgan fingerprint density at radius 3 is 2.11 bits per heavy atom. The standard InChI is InChI=1S/C14H20BrNO2/c1-13(2,14(3,4)18)16-12(17)11-7-5-10(9-15)6-8-11/h5-8,18H,9H2,1-4H3,(H,16,17). The molecule has 0 aromatic heterocycles. The molecule has 2 N–H and O–H groups in total. The number of nitrogens with one attached hydrogen (secondary N) is 1. The van der Waals surface area contributed by atoms with E-state index in [0.717, 1.165) is 10.9 Å². The van der Waals surface area contributed by atoms with Gasteiger partial charge in [0.15, 0.2) is 0 Å². The van der Waals surface area contributed by atoms with Gasteiger partial charge in [0.05, 0.1) is 11.1 Å². The average Bonchev–Trinajstić information content (AvgIpc) is 2.27. The largest absolute Gasteiger partial charge is 0.388 e. The summed E-state index contributed by atoms with van der Waals surface area (Å²) in [5.74, 6) is -0.178. The smallest absolute Gasteiger partial charge is 0.251 e. The molecule has 18 heavy (non-hydrogen) atoms. The van der Waals surface area contributed by atoms with E-state index in [1.165, 1.54) is 0 Å². The summed E-state index contributed by atoms with van der Waals surface area (Å²) < 4.78 is 0. The van der Waals surface area contributed by atoms with Crippen molar-refractivity contribution in [2.75, 3.05) is 0 Å². The van der Waals surface area contributed by atoms with Gasteiger partial charge in [-0.2, -0.15) is 0 Å². The van der Waals surface area contributed by atoms with Crippen molar-refractivity contribution >= 4 is 21.8 Å². The van der Waals surface area contributed by atoms with E-state index in [1.807, 2.05) is 12.1 Å². The number of amides is 1. The van der Waals surface area contributed by atoms with E-state index < -0.39 is 11.1 Å². The van der Waals surface area contributed by atoms with E-state index in [0.29, 0.717) is 5.56 Å². The predicted molar refractivity (Wildman–Crippen MR) is 76.9 cm³/mol. The second-order valence-corrected chi connectivity index (χ2v) is 6.03. The van der Waals surface area contributed by atoms with Gasteiger partial charge in [0.1, 0.15) is 0 Å². The second-order valence-electron chi connectivity index (χ2n) is 5.47. The molecule has 0 aliphatic heterocycles. The molecule has 0 radical (unpaired) electrons. The van der Waals surface area contributed by atoms with Crippen LogP contribution in [0.1, 0.15) is 43.6 Å². The molecule has 0 saturated carbocycles. The van der Waals surface area contributed by atoms with Crippen molar-refractivity contribution < 1.29 is 9.90 Å². The molecule has 0 atom stereocenters. The lowest BCUT2D eigenvalue weighted by molar-refractivity contribution is -0.00292. The first-order chi connectivity index (χ1) is 8.17. The fourth-order valence-electron chi connectivity index (χ4n) is 1.25. The Morgan fingerprint density at radius 2 is 1.72 bits per heavy atom. The van der Waals surface area contributed by atoms with E-state index in [2.05, 4.69) is 21.2 Å². The van der Waals surface area contributed by atoms with Crippen molar-refractivity contribution in [3.63, 3.8) is 0 Å². The normalized spacial score (nSPS) is 12.3. The minimum Gasteiger partial charge on any atom is -0.388 e. The van der Waals surface area contributed by atoms with Gasteiger partial charge >= 0.3 is 0 Å². The molecule has 0 fully saturated rings. The number of alkyl halides is 1. The Bertz CT molecular complexity index is 418. The first-order valence-corrected chi connectivity index (χ1v) is 6.99. The van der Waals surface area contributed by atoms with Crippen molar-refractivity contribution in [2.24, 2.45) is 0 Å². The van der Waals surface area contributed by atoms with E-state index in [4.69, 9.17) is 0 Å². The molecule has 1 aromatic carbocycles. The highest BCUT2D eigenvalue weighted by Gasteiger charge is 2.36. The quantitative estimate of drug-likeness (QED) is 0.840. The van der Waals surface area contributed by atoms with E-state index in [-0.39, 0.29) is 5.91 Å². The molecule has 1 rings (SSSR count). The lowest BCUT2D eigenvalue weighted by atomic mass is 9.85. The fraction of sp³-hybridized carbons (Fsp3) is 0.500. The second kappa shape index (κ2) is 5.41. The molecule has 0 saturated heterocycles. The zero-order valence-electron chi connectivity index (χ0n) is 11.2. The van der Waals surface area contributed by atoms with E-state index in [1.54, 1.807) is 39.8 Å². The minimum atomic E-state index is -0.988. The van der Waals surface area contributed by atoms with Gasteiger partial charge in [-0.1, -0.05) is 28.1 Å². The average molecular weight is 314 g/mol. The van der Waals surface area contributed by atoms with Gasteiger partial charge in [0, 0.05) is 10.9 Å². The third kappa shape index (κ3) is 3.56. The Balaban J connectivity index is 2.82. The molecule has 100 valence electrons. The summed E-state index contributed by atoms with van der Waals surface area (Å²) >= 11 is 3.36. The Hall–Kier alpha value is -0.870. The van der Waals surface area contributed by atoms with Crippen molar-refractivity contribution in [3.8, 4) is 0 Å². The van der Waals surface area contributed by atoms with Crippen LogP contribution in [-0.2, 0) is 5.33 Å². The van der Waals surface area contributed by atoms with Crippen LogP contribution in [0.4, 0.5) is 0 Å². The van der Waals surface area contributed by atoms with Crippen LogP contribution in [0, 0.1) is 0 Å². The van der Waals surface area contributed by atoms with Gasteiger partial charge in [0.25, 0.3) is 5.91 Å². The van der Waals surface area contributed by atoms with Crippen LogP contribution in [-0.4, -0.2) is 22.2 Å². The third-order valence-corrected chi connectivity index (χ3v) is 3.97. The van der Waals surface area contributed by atoms with Crippen molar-refractivity contribution in [1.82, 2.24) is 5.32 Å². The van der Waals surface area contributed by atoms with Crippen molar-refractivity contribution in [2.45, 2.75) is 44.2 Å². The molecule has 4 heteroatoms. The van der Waals surface area contributed by atoms with Gasteiger partial charge < -0.3 is 10.4 Å². The molecule has 1 amide bonds. The van der Waals surface area contributed by atoms with Crippen LogP contribution < -0.4 is 5.32 Å². The highest BCUT2D eigenvalue weighted by Crippen LogP contribution is 2.21. The molecule has 3 nitrogen and oxygen atoms in total. The van der Waals surface area contributed by atoms with Crippen LogP contribution in [0.2, 0.25) is 0 Å². The molecular formula is C14H20BrNO2. The molecule has 0 bridgehead atoms. The first-order valence-electron chi connectivity index (χ1n) is 5.87. The first kappa shape index (κ1) is 15.2. The number of rotatable bonds is 4. The van der Waals surface area contributed by atoms with Gasteiger partial charge in [0.2, 0.25) is 0 Å². The number of carbonyl (C=O) groups is 1. The van der Waals surface area contributed by atoms with E-state index >= 15 is 0 Å². The SMILES string of the molecule is CC(C)(O)C(C)(C)NC(=O)c1ccc(CBr)cc1. The highest BCUT2D eigenvalue weighted by molar-refractivity contribution is 9.08. The zero-order chi connectivity index (χ0) is 14.0. The summed E-state index contributed by atoms with van der Waals surface area (Å²) in [5, 5.41) is 13.6. The molecule has 0 heterocycles. The number of carbonyl (C=O) groups excluding carboxylic acids is 1. The minimum absolute atomic E-state index is 0.178. The third-order valence-electron chi connectivity index (χ3n) is 3.33. The Morgan fingerprint density at radius 1 is 1.22 bits per heavy atom. The molecule has 0 unspecified atom stereocenters. The molecular weight excluding hydrogens is 294 g/mol. The maximum Gasteiger partial charge on any atom is 0.251 e. The monoisotopic (exact) mass is 313 g/mol. The number of hydrogen-bond acceptors (Lipinski definition) is 2. The van der Waals surface area contributed by atoms with Gasteiger partial charge in [-0.3, -0.25) is 4.79 Å². The molecule has 1 aromatic rings. The van der Waals surface area contributed by atoms with Crippen LogP contribution in [0.25, 0.3) is 0 Å². The number of halogens is 1. The maximum atomic E-state index is 12.1. The molecule has 0 spiro atoms. The van der Waals surface area contributed by atoms with Crippen LogP contribution in [0.5, 0.6) is 0 Å². The zero-order valence-corrected chi connectivity index (χ0v) is 12.8. The fourth-order valence-corrected chi connectivity index (χ4v) is 1.63. The van der Waals surface area contributed by atoms with Crippen molar-refractivity contribution in [1.29, 1.82) is 0 Å². The van der Waals surface area contributed by atoms with Crippen LogP contribution in [0.3, 0.4) is 0 Å². The van der Waals surface area contributed by atoms with E-state index in [9.17, 15) is 9.90 Å². The highest BCUT2D eigenvalue weighted by atomic mass is 79.9. The summed E-state index contributed by atoms with van der Waals surface area (Å²) in [6.45, 7) is 6.97. The number of benzene rings is 1. The lowest BCUT2D eigenvalue weighted by Gasteiger charge is -2.38. The topological polar surface area (TPSA) is 49.3 Å². The maximum absolute atomic E-state index is 12.1. The van der Waals surface area contributed by atoms with Crippen molar-refractivity contribution in [3.05, 3.63) is 35.4 Å². The Kier molecular flexibility index (Phi) is 4.56. The summed E-state index contributed by atoms with van der Waals surface area (Å²) in [6.07, 6.45) is 0. The number of aliphatic hydroxyl groups is 1. The molecule has 0 aliphatic rings. The van der Waals surface area contributed by atoms with Gasteiger partial charge in [-0.15, -0.1) is 0 Å². The van der Waals surface area contributed by atoms with Crippen LogP contribution >= 0.6 is 15.9 Å². The van der Waals surface area contributed by atoms with Gasteiger partial charge in [-0.25, -0.2) is 0 Å². The summed E-state index contributed by atoms with van der Waals surface area (Å²) in [7, 11) is 0.